The Bertz CT molecular complexity index is 866. The summed E-state index contributed by atoms with van der Waals surface area (Å²) in [6.45, 7) is 2.67. The van der Waals surface area contributed by atoms with Gasteiger partial charge in [0.1, 0.15) is 17.7 Å². The van der Waals surface area contributed by atoms with E-state index in [0.717, 1.165) is 5.56 Å². The minimum Gasteiger partial charge on any atom is -0.458 e. The molecule has 2 aromatic carbocycles. The smallest absolute Gasteiger partial charge is 0.251 e. The van der Waals surface area contributed by atoms with E-state index < -0.39 is 12.5 Å². The van der Waals surface area contributed by atoms with Gasteiger partial charge in [-0.3, -0.25) is 4.79 Å². The summed E-state index contributed by atoms with van der Waals surface area (Å²) in [6.07, 6.45) is -0.749. The van der Waals surface area contributed by atoms with Crippen LogP contribution in [-0.4, -0.2) is 40.0 Å². The lowest BCUT2D eigenvalue weighted by molar-refractivity contribution is -0.0580. The van der Waals surface area contributed by atoms with Crippen LogP contribution < -0.4 is 10.1 Å². The van der Waals surface area contributed by atoms with Crippen LogP contribution in [0.2, 0.25) is 10.0 Å². The molecule has 2 atom stereocenters. The fourth-order valence-corrected chi connectivity index (χ4v) is 3.37. The molecule has 148 valence electrons. The molecular formula is C20H20Cl2N2O4. The van der Waals surface area contributed by atoms with Gasteiger partial charge in [0.15, 0.2) is 6.23 Å². The summed E-state index contributed by atoms with van der Waals surface area (Å²) in [7, 11) is 0. The van der Waals surface area contributed by atoms with Crippen LogP contribution in [0.1, 0.15) is 22.8 Å². The number of benzene rings is 2. The molecule has 0 spiro atoms. The molecular weight excluding hydrogens is 403 g/mol. The van der Waals surface area contributed by atoms with E-state index in [9.17, 15) is 15.0 Å². The van der Waals surface area contributed by atoms with Crippen molar-refractivity contribution in [1.82, 2.24) is 10.2 Å². The zero-order chi connectivity index (χ0) is 20.3. The molecule has 0 saturated heterocycles. The van der Waals surface area contributed by atoms with Crippen LogP contribution in [0.15, 0.2) is 54.3 Å². The van der Waals surface area contributed by atoms with Gasteiger partial charge in [-0.15, -0.1) is 0 Å². The van der Waals surface area contributed by atoms with E-state index in [0.29, 0.717) is 27.9 Å². The largest absolute Gasteiger partial charge is 0.458 e. The average molecular weight is 423 g/mol. The number of nitrogens with one attached hydrogen (secondary N) is 1. The fourth-order valence-electron chi connectivity index (χ4n) is 2.86. The number of carbonyl (C=O) groups is 1. The lowest BCUT2D eigenvalue weighted by Gasteiger charge is -2.25. The maximum Gasteiger partial charge on any atom is 0.251 e. The highest BCUT2D eigenvalue weighted by Crippen LogP contribution is 2.30. The van der Waals surface area contributed by atoms with Crippen molar-refractivity contribution in [2.75, 3.05) is 6.54 Å². The normalized spacial score (nSPS) is 19.4. The van der Waals surface area contributed by atoms with Crippen LogP contribution in [0.5, 0.6) is 5.75 Å². The van der Waals surface area contributed by atoms with E-state index in [4.69, 9.17) is 27.9 Å². The molecule has 0 aliphatic carbocycles. The number of ether oxygens (including phenoxy) is 1. The first-order valence-corrected chi connectivity index (χ1v) is 9.47. The molecule has 3 rings (SSSR count). The predicted molar refractivity (Wildman–Crippen MR) is 107 cm³/mol. The molecule has 1 heterocycles. The first-order valence-electron chi connectivity index (χ1n) is 8.72. The van der Waals surface area contributed by atoms with Crippen LogP contribution >= 0.6 is 23.2 Å². The second kappa shape index (κ2) is 8.94. The molecule has 1 aliphatic rings. The third-order valence-corrected chi connectivity index (χ3v) is 4.65. The number of rotatable bonds is 6. The monoisotopic (exact) mass is 422 g/mol. The van der Waals surface area contributed by atoms with Crippen LogP contribution in [0, 0.1) is 0 Å². The van der Waals surface area contributed by atoms with Gasteiger partial charge in [-0.1, -0.05) is 35.3 Å². The zero-order valence-corrected chi connectivity index (χ0v) is 16.6. The lowest BCUT2D eigenvalue weighted by atomic mass is 10.1. The standard InChI is InChI=1S/C20H20Cl2N2O4/c1-2-23-19(26)13-5-3-12(4-6-13)11-24-18(25)10-17(20(24)27)28-16-8-14(21)7-15(22)9-16/h3-10,18,20,25,27H,2,11H2,1H3,(H,23,26). The van der Waals surface area contributed by atoms with Crippen LogP contribution in [0.25, 0.3) is 0 Å². The van der Waals surface area contributed by atoms with E-state index >= 15 is 0 Å². The fraction of sp³-hybridized carbons (Fsp3) is 0.250. The summed E-state index contributed by atoms with van der Waals surface area (Å²) < 4.78 is 5.65. The number of carbonyl (C=O) groups excluding carboxylic acids is 1. The van der Waals surface area contributed by atoms with E-state index in [1.165, 1.54) is 11.0 Å². The maximum absolute atomic E-state index is 11.8. The highest BCUT2D eigenvalue weighted by atomic mass is 35.5. The Morgan fingerprint density at radius 2 is 1.79 bits per heavy atom. The minimum atomic E-state index is -1.14. The molecule has 28 heavy (non-hydrogen) atoms. The third-order valence-electron chi connectivity index (χ3n) is 4.21. The lowest BCUT2D eigenvalue weighted by Crippen LogP contribution is -2.37. The Hall–Kier alpha value is -2.09. The molecule has 6 nitrogen and oxygen atoms in total. The Morgan fingerprint density at radius 3 is 2.39 bits per heavy atom. The summed E-state index contributed by atoms with van der Waals surface area (Å²) >= 11 is 11.9. The molecule has 0 bridgehead atoms. The number of halogens is 2. The first kappa shape index (κ1) is 20.6. The molecule has 3 N–H and O–H groups in total. The number of amides is 1. The number of nitrogens with zero attached hydrogens (tertiary/aromatic N) is 1. The van der Waals surface area contributed by atoms with Crippen molar-refractivity contribution < 1.29 is 19.7 Å². The average Bonchev–Trinajstić information content (AvgIpc) is 2.89. The molecule has 0 fully saturated rings. The van der Waals surface area contributed by atoms with Crippen molar-refractivity contribution in [2.24, 2.45) is 0 Å². The minimum absolute atomic E-state index is 0.146. The Kier molecular flexibility index (Phi) is 6.59. The van der Waals surface area contributed by atoms with Crippen molar-refractivity contribution in [2.45, 2.75) is 25.9 Å². The zero-order valence-electron chi connectivity index (χ0n) is 15.1. The second-order valence-electron chi connectivity index (χ2n) is 6.29. The first-order chi connectivity index (χ1) is 13.4. The Labute approximate surface area is 172 Å². The van der Waals surface area contributed by atoms with Crippen molar-refractivity contribution >= 4 is 29.1 Å². The molecule has 0 radical (unpaired) electrons. The molecule has 0 saturated carbocycles. The van der Waals surface area contributed by atoms with Crippen molar-refractivity contribution in [3.8, 4) is 5.75 Å². The molecule has 0 aromatic heterocycles. The molecule has 2 unspecified atom stereocenters. The summed E-state index contributed by atoms with van der Waals surface area (Å²) in [5.41, 5.74) is 1.37. The summed E-state index contributed by atoms with van der Waals surface area (Å²) in [6, 6.07) is 11.7. The van der Waals surface area contributed by atoms with E-state index in [1.807, 2.05) is 6.92 Å². The summed E-state index contributed by atoms with van der Waals surface area (Å²) in [5, 5.41) is 24.4. The SMILES string of the molecule is CCNC(=O)c1ccc(CN2C(O)C=C(Oc3cc(Cl)cc(Cl)c3)C2O)cc1. The highest BCUT2D eigenvalue weighted by Gasteiger charge is 2.34. The van der Waals surface area contributed by atoms with Gasteiger partial charge in [0, 0.05) is 34.8 Å². The quantitative estimate of drug-likeness (QED) is 0.665. The van der Waals surface area contributed by atoms with Gasteiger partial charge >= 0.3 is 0 Å². The van der Waals surface area contributed by atoms with Gasteiger partial charge < -0.3 is 20.3 Å². The second-order valence-corrected chi connectivity index (χ2v) is 7.17. The van der Waals surface area contributed by atoms with E-state index in [1.54, 1.807) is 42.5 Å². The molecule has 8 heteroatoms. The number of aliphatic hydroxyl groups excluding tert-OH is 2. The summed E-state index contributed by atoms with van der Waals surface area (Å²) in [4.78, 5) is 13.3. The van der Waals surface area contributed by atoms with Crippen LogP contribution in [0.3, 0.4) is 0 Å². The molecule has 2 aromatic rings. The molecule has 1 amide bonds. The predicted octanol–water partition coefficient (Wildman–Crippen LogP) is 3.16. The maximum atomic E-state index is 11.8. The Balaban J connectivity index is 1.67. The van der Waals surface area contributed by atoms with E-state index in [2.05, 4.69) is 5.32 Å². The van der Waals surface area contributed by atoms with Gasteiger partial charge in [0.2, 0.25) is 0 Å². The van der Waals surface area contributed by atoms with Gasteiger partial charge in [-0.05, 0) is 42.8 Å². The number of hydrogen-bond donors (Lipinski definition) is 3. The van der Waals surface area contributed by atoms with Crippen molar-refractivity contribution in [3.05, 3.63) is 75.5 Å². The van der Waals surface area contributed by atoms with Crippen LogP contribution in [0.4, 0.5) is 0 Å². The topological polar surface area (TPSA) is 82.0 Å². The third kappa shape index (κ3) is 4.84. The Morgan fingerprint density at radius 1 is 1.14 bits per heavy atom. The van der Waals surface area contributed by atoms with Crippen molar-refractivity contribution in [3.63, 3.8) is 0 Å². The number of aliphatic hydroxyl groups is 2. The van der Waals surface area contributed by atoms with Gasteiger partial charge in [0.05, 0.1) is 0 Å². The highest BCUT2D eigenvalue weighted by molar-refractivity contribution is 6.34. The molecule has 1 aliphatic heterocycles. The van der Waals surface area contributed by atoms with Gasteiger partial charge in [0.25, 0.3) is 5.91 Å². The summed E-state index contributed by atoms with van der Waals surface area (Å²) in [5.74, 6) is 0.403. The van der Waals surface area contributed by atoms with Crippen molar-refractivity contribution in [1.29, 1.82) is 0 Å². The van der Waals surface area contributed by atoms with Crippen LogP contribution in [-0.2, 0) is 6.54 Å². The van der Waals surface area contributed by atoms with Gasteiger partial charge in [-0.25, -0.2) is 4.90 Å². The van der Waals surface area contributed by atoms with E-state index in [-0.39, 0.29) is 18.2 Å². The number of hydrogen-bond acceptors (Lipinski definition) is 5. The van der Waals surface area contributed by atoms with Gasteiger partial charge in [-0.2, -0.15) is 0 Å².